The van der Waals surface area contributed by atoms with Crippen LogP contribution in [0.25, 0.3) is 10.8 Å². The summed E-state index contributed by atoms with van der Waals surface area (Å²) in [5, 5.41) is 2.65. The van der Waals surface area contributed by atoms with Crippen LogP contribution in [-0.2, 0) is 6.54 Å². The lowest BCUT2D eigenvalue weighted by atomic mass is 9.98. The molecular formula is C20H21BrClN. The van der Waals surface area contributed by atoms with Gasteiger partial charge < -0.3 is 0 Å². The van der Waals surface area contributed by atoms with Crippen LogP contribution in [0.3, 0.4) is 0 Å². The van der Waals surface area contributed by atoms with Gasteiger partial charge in [-0.15, -0.1) is 12.4 Å². The predicted molar refractivity (Wildman–Crippen MR) is 105 cm³/mol. The van der Waals surface area contributed by atoms with Crippen molar-refractivity contribution < 1.29 is 0 Å². The Kier molecular flexibility index (Phi) is 6.23. The molecular weight excluding hydrogens is 370 g/mol. The molecule has 0 amide bonds. The zero-order valence-electron chi connectivity index (χ0n) is 13.4. The van der Waals surface area contributed by atoms with E-state index in [0.29, 0.717) is 6.04 Å². The van der Waals surface area contributed by atoms with E-state index >= 15 is 0 Å². The van der Waals surface area contributed by atoms with Gasteiger partial charge in [0.15, 0.2) is 0 Å². The Morgan fingerprint density at radius 2 is 1.65 bits per heavy atom. The lowest BCUT2D eigenvalue weighted by molar-refractivity contribution is 0.254. The molecule has 0 radical (unpaired) electrons. The van der Waals surface area contributed by atoms with Crippen LogP contribution in [0, 0.1) is 0 Å². The fraction of sp³-hybridized carbons (Fsp3) is 0.200. The Balaban J connectivity index is 0.00000192. The van der Waals surface area contributed by atoms with Gasteiger partial charge in [-0.2, -0.15) is 0 Å². The van der Waals surface area contributed by atoms with Crippen molar-refractivity contribution in [2.75, 3.05) is 7.05 Å². The molecule has 0 unspecified atom stereocenters. The first-order valence-corrected chi connectivity index (χ1v) is 8.37. The van der Waals surface area contributed by atoms with Gasteiger partial charge in [0.05, 0.1) is 0 Å². The molecule has 3 rings (SSSR count). The van der Waals surface area contributed by atoms with Gasteiger partial charge in [0.1, 0.15) is 0 Å². The van der Waals surface area contributed by atoms with Crippen LogP contribution in [0.1, 0.15) is 24.1 Å². The van der Waals surface area contributed by atoms with Crippen LogP contribution in [0.15, 0.2) is 71.2 Å². The molecule has 0 aliphatic rings. The van der Waals surface area contributed by atoms with E-state index in [2.05, 4.69) is 102 Å². The van der Waals surface area contributed by atoms with Crippen molar-refractivity contribution in [1.82, 2.24) is 4.90 Å². The van der Waals surface area contributed by atoms with Gasteiger partial charge in [-0.3, -0.25) is 4.90 Å². The highest BCUT2D eigenvalue weighted by atomic mass is 79.9. The van der Waals surface area contributed by atoms with Gasteiger partial charge >= 0.3 is 0 Å². The smallest absolute Gasteiger partial charge is 0.0326 e. The van der Waals surface area contributed by atoms with Crippen molar-refractivity contribution in [3.63, 3.8) is 0 Å². The molecule has 0 aromatic heterocycles. The molecule has 120 valence electrons. The maximum atomic E-state index is 3.55. The summed E-state index contributed by atoms with van der Waals surface area (Å²) in [4.78, 5) is 2.39. The average molecular weight is 391 g/mol. The Bertz CT molecular complexity index is 782. The number of benzene rings is 3. The topological polar surface area (TPSA) is 3.24 Å². The number of rotatable bonds is 4. The lowest BCUT2D eigenvalue weighted by Gasteiger charge is -2.26. The first kappa shape index (κ1) is 18.0. The first-order valence-electron chi connectivity index (χ1n) is 7.57. The Morgan fingerprint density at radius 1 is 0.957 bits per heavy atom. The molecule has 0 fully saturated rings. The minimum atomic E-state index is 0. The highest BCUT2D eigenvalue weighted by Gasteiger charge is 2.14. The van der Waals surface area contributed by atoms with E-state index < -0.39 is 0 Å². The second-order valence-electron chi connectivity index (χ2n) is 5.79. The molecule has 0 aliphatic carbocycles. The van der Waals surface area contributed by atoms with Gasteiger partial charge in [-0.05, 0) is 48.0 Å². The SMILES string of the molecule is C[C@H](c1cccc2ccccc12)N(C)Cc1cccc(Br)c1.Cl. The zero-order valence-corrected chi connectivity index (χ0v) is 15.8. The van der Waals surface area contributed by atoms with Crippen LogP contribution in [-0.4, -0.2) is 11.9 Å². The molecule has 3 aromatic carbocycles. The zero-order chi connectivity index (χ0) is 15.5. The summed E-state index contributed by atoms with van der Waals surface area (Å²) in [6.07, 6.45) is 0. The maximum Gasteiger partial charge on any atom is 0.0326 e. The van der Waals surface area contributed by atoms with Crippen LogP contribution >= 0.6 is 28.3 Å². The highest BCUT2D eigenvalue weighted by Crippen LogP contribution is 2.28. The van der Waals surface area contributed by atoms with Crippen molar-refractivity contribution in [1.29, 1.82) is 0 Å². The Hall–Kier alpha value is -1.35. The average Bonchev–Trinajstić information content (AvgIpc) is 2.53. The van der Waals surface area contributed by atoms with E-state index in [1.54, 1.807) is 0 Å². The van der Waals surface area contributed by atoms with Crippen molar-refractivity contribution in [3.05, 3.63) is 82.3 Å². The van der Waals surface area contributed by atoms with E-state index in [9.17, 15) is 0 Å². The van der Waals surface area contributed by atoms with Gasteiger partial charge in [0, 0.05) is 17.1 Å². The second kappa shape index (κ2) is 7.96. The van der Waals surface area contributed by atoms with E-state index in [4.69, 9.17) is 0 Å². The van der Waals surface area contributed by atoms with Crippen LogP contribution < -0.4 is 0 Å². The number of hydrogen-bond acceptors (Lipinski definition) is 1. The molecule has 1 atom stereocenters. The molecule has 0 saturated heterocycles. The minimum absolute atomic E-state index is 0. The summed E-state index contributed by atoms with van der Waals surface area (Å²) in [6.45, 7) is 3.21. The standard InChI is InChI=1S/C20H20BrN.ClH/c1-15(22(2)14-16-7-5-10-18(21)13-16)19-12-6-9-17-8-3-4-11-20(17)19;/h3-13,15H,14H2,1-2H3;1H/t15-;/m1./s1. The molecule has 0 heterocycles. The van der Waals surface area contributed by atoms with Crippen LogP contribution in [0.2, 0.25) is 0 Å². The van der Waals surface area contributed by atoms with Crippen molar-refractivity contribution in [2.45, 2.75) is 19.5 Å². The quantitative estimate of drug-likeness (QED) is 0.511. The molecule has 1 nitrogen and oxygen atoms in total. The predicted octanol–water partition coefficient (Wildman–Crippen LogP) is 6.22. The second-order valence-corrected chi connectivity index (χ2v) is 6.71. The third-order valence-corrected chi connectivity index (χ3v) is 4.75. The number of fused-ring (bicyclic) bond motifs is 1. The van der Waals surface area contributed by atoms with E-state index in [1.807, 2.05) is 0 Å². The largest absolute Gasteiger partial charge is 0.295 e. The summed E-state index contributed by atoms with van der Waals surface area (Å²) in [5.74, 6) is 0. The molecule has 0 bridgehead atoms. The highest BCUT2D eigenvalue weighted by molar-refractivity contribution is 9.10. The fourth-order valence-corrected chi connectivity index (χ4v) is 3.36. The normalized spacial score (nSPS) is 12.2. The number of hydrogen-bond donors (Lipinski definition) is 0. The molecule has 23 heavy (non-hydrogen) atoms. The summed E-state index contributed by atoms with van der Waals surface area (Å²) in [7, 11) is 2.19. The third kappa shape index (κ3) is 4.14. The van der Waals surface area contributed by atoms with Crippen molar-refractivity contribution in [2.24, 2.45) is 0 Å². The number of halogens is 2. The lowest BCUT2D eigenvalue weighted by Crippen LogP contribution is -2.22. The summed E-state index contributed by atoms with van der Waals surface area (Å²) in [6, 6.07) is 24.1. The first-order chi connectivity index (χ1) is 10.6. The summed E-state index contributed by atoms with van der Waals surface area (Å²) >= 11 is 3.55. The third-order valence-electron chi connectivity index (χ3n) is 4.26. The van der Waals surface area contributed by atoms with Crippen molar-refractivity contribution >= 4 is 39.1 Å². The summed E-state index contributed by atoms with van der Waals surface area (Å²) in [5.41, 5.74) is 2.71. The van der Waals surface area contributed by atoms with Crippen LogP contribution in [0.4, 0.5) is 0 Å². The molecule has 0 spiro atoms. The fourth-order valence-electron chi connectivity index (χ4n) is 2.91. The summed E-state index contributed by atoms with van der Waals surface area (Å²) < 4.78 is 1.14. The maximum absolute atomic E-state index is 3.55. The van der Waals surface area contributed by atoms with E-state index in [0.717, 1.165) is 11.0 Å². The van der Waals surface area contributed by atoms with Gasteiger partial charge in [0.2, 0.25) is 0 Å². The van der Waals surface area contributed by atoms with E-state index in [1.165, 1.54) is 21.9 Å². The van der Waals surface area contributed by atoms with Crippen molar-refractivity contribution in [3.8, 4) is 0 Å². The van der Waals surface area contributed by atoms with E-state index in [-0.39, 0.29) is 12.4 Å². The number of nitrogens with zero attached hydrogens (tertiary/aromatic N) is 1. The molecule has 0 aliphatic heterocycles. The molecule has 3 aromatic rings. The van der Waals surface area contributed by atoms with Gasteiger partial charge in [-0.25, -0.2) is 0 Å². The molecule has 0 N–H and O–H groups in total. The Labute approximate surface area is 152 Å². The molecule has 0 saturated carbocycles. The van der Waals surface area contributed by atoms with Crippen LogP contribution in [0.5, 0.6) is 0 Å². The Morgan fingerprint density at radius 3 is 2.43 bits per heavy atom. The monoisotopic (exact) mass is 389 g/mol. The van der Waals surface area contributed by atoms with Gasteiger partial charge in [-0.1, -0.05) is 70.5 Å². The van der Waals surface area contributed by atoms with Gasteiger partial charge in [0.25, 0.3) is 0 Å². The minimum Gasteiger partial charge on any atom is -0.295 e. The molecule has 3 heteroatoms.